The molecule has 354 valence electrons. The number of aromatic carboxylic acids is 1. The monoisotopic (exact) mass is 968 g/mol. The fraction of sp³-hybridized carbons (Fsp3) is 0.255. The molecular formula is C51H50Cl2N10O6. The van der Waals surface area contributed by atoms with Crippen LogP contribution < -0.4 is 0 Å². The standard InChI is InChI=1S/C26H26ClN5O3.C25H24ClN5O3/c1-3-4-9-23-30-25(27)22(15-31-17-28-16-29-31)32(23)14-18-10-12-19(13-11-18)24(33)20-7-5-6-8-21(20)26(34)35-2;1-2-3-8-22-29-24(26)21(14-30-16-27-15-28-30)31(22)13-17-9-11-18(12-10-17)23(32)19-6-4-5-7-20(19)25(33)34/h5-8,10-13,16-17H,3-4,9,14-15H2,1-2H3;4-7,9-12,15-16H,2-3,8,13-14H2,1H3,(H,33,34). The number of ketones is 2. The summed E-state index contributed by atoms with van der Waals surface area (Å²) in [7, 11) is 1.30. The first kappa shape index (κ1) is 49.3. The predicted octanol–water partition coefficient (Wildman–Crippen LogP) is 9.08. The molecule has 1 N–H and O–H groups in total. The van der Waals surface area contributed by atoms with Crippen LogP contribution >= 0.6 is 23.2 Å². The van der Waals surface area contributed by atoms with E-state index in [1.165, 1.54) is 31.9 Å². The zero-order chi connectivity index (χ0) is 48.9. The molecule has 0 spiro atoms. The third kappa shape index (κ3) is 12.1. The van der Waals surface area contributed by atoms with Gasteiger partial charge >= 0.3 is 11.9 Å². The summed E-state index contributed by atoms with van der Waals surface area (Å²) >= 11 is 13.0. The van der Waals surface area contributed by atoms with Crippen LogP contribution in [0.3, 0.4) is 0 Å². The number of ether oxygens (including phenoxy) is 1. The van der Waals surface area contributed by atoms with E-state index in [4.69, 9.17) is 27.9 Å². The van der Waals surface area contributed by atoms with Gasteiger partial charge in [-0.25, -0.2) is 38.9 Å². The van der Waals surface area contributed by atoms with Gasteiger partial charge in [-0.15, -0.1) is 0 Å². The van der Waals surface area contributed by atoms with Crippen LogP contribution in [0.15, 0.2) is 122 Å². The minimum Gasteiger partial charge on any atom is -0.478 e. The number of carbonyl (C=O) groups excluding carboxylic acids is 3. The smallest absolute Gasteiger partial charge is 0.338 e. The molecule has 0 saturated carbocycles. The van der Waals surface area contributed by atoms with Gasteiger partial charge in [0.15, 0.2) is 21.9 Å². The van der Waals surface area contributed by atoms with Gasteiger partial charge in [-0.1, -0.05) is 135 Å². The highest BCUT2D eigenvalue weighted by Gasteiger charge is 2.22. The van der Waals surface area contributed by atoms with Crippen molar-refractivity contribution >= 4 is 46.7 Å². The minimum absolute atomic E-state index is 0.0112. The molecule has 4 aromatic heterocycles. The van der Waals surface area contributed by atoms with E-state index in [1.54, 1.807) is 82.7 Å². The topological polar surface area (TPSA) is 195 Å². The summed E-state index contributed by atoms with van der Waals surface area (Å²) in [4.78, 5) is 66.8. The number of carboxylic acid groups (broad SMARTS) is 1. The number of hydrogen-bond acceptors (Lipinski definition) is 11. The van der Waals surface area contributed by atoms with Gasteiger partial charge in [0, 0.05) is 48.2 Å². The second-order valence-electron chi connectivity index (χ2n) is 16.0. The molecule has 0 radical (unpaired) electrons. The maximum Gasteiger partial charge on any atom is 0.338 e. The van der Waals surface area contributed by atoms with Gasteiger partial charge in [0.05, 0.1) is 42.7 Å². The fourth-order valence-electron chi connectivity index (χ4n) is 7.71. The molecule has 8 rings (SSSR count). The molecule has 0 aliphatic heterocycles. The number of esters is 1. The van der Waals surface area contributed by atoms with Crippen molar-refractivity contribution in [2.45, 2.75) is 78.6 Å². The van der Waals surface area contributed by atoms with Gasteiger partial charge in [-0.05, 0) is 36.1 Å². The highest BCUT2D eigenvalue weighted by atomic mass is 35.5. The number of carboxylic acids is 1. The lowest BCUT2D eigenvalue weighted by Gasteiger charge is -2.13. The Morgan fingerprint density at radius 2 is 0.971 bits per heavy atom. The molecule has 0 fully saturated rings. The Morgan fingerprint density at radius 1 is 0.565 bits per heavy atom. The van der Waals surface area contributed by atoms with Gasteiger partial charge in [-0.2, -0.15) is 10.2 Å². The summed E-state index contributed by atoms with van der Waals surface area (Å²) in [6, 6.07) is 27.4. The fourth-order valence-corrected chi connectivity index (χ4v) is 8.23. The first-order chi connectivity index (χ1) is 33.5. The molecule has 0 bridgehead atoms. The van der Waals surface area contributed by atoms with E-state index in [0.29, 0.717) is 53.2 Å². The summed E-state index contributed by atoms with van der Waals surface area (Å²) in [6.07, 6.45) is 11.9. The van der Waals surface area contributed by atoms with Gasteiger partial charge in [0.2, 0.25) is 0 Å². The van der Waals surface area contributed by atoms with Crippen molar-refractivity contribution in [3.63, 3.8) is 0 Å². The van der Waals surface area contributed by atoms with Crippen LogP contribution in [0, 0.1) is 0 Å². The zero-order valence-electron chi connectivity index (χ0n) is 38.3. The van der Waals surface area contributed by atoms with E-state index >= 15 is 0 Å². The second kappa shape index (κ2) is 23.4. The van der Waals surface area contributed by atoms with Crippen LogP contribution in [0.1, 0.15) is 126 Å². The number of methoxy groups -OCH3 is 1. The summed E-state index contributed by atoms with van der Waals surface area (Å²) in [5.74, 6) is -0.416. The van der Waals surface area contributed by atoms with Crippen molar-refractivity contribution in [3.8, 4) is 0 Å². The lowest BCUT2D eigenvalue weighted by molar-refractivity contribution is 0.0596. The van der Waals surface area contributed by atoms with Crippen LogP contribution in [0.4, 0.5) is 0 Å². The Bertz CT molecular complexity index is 3020. The molecule has 18 heteroatoms. The van der Waals surface area contributed by atoms with E-state index in [2.05, 4.69) is 53.1 Å². The maximum absolute atomic E-state index is 13.1. The van der Waals surface area contributed by atoms with Crippen molar-refractivity contribution in [2.24, 2.45) is 0 Å². The second-order valence-corrected chi connectivity index (χ2v) is 16.8. The van der Waals surface area contributed by atoms with Gasteiger partial charge in [0.1, 0.15) is 37.0 Å². The van der Waals surface area contributed by atoms with E-state index in [9.17, 15) is 24.3 Å². The number of unbranched alkanes of at least 4 members (excludes halogenated alkanes) is 2. The zero-order valence-corrected chi connectivity index (χ0v) is 39.8. The van der Waals surface area contributed by atoms with E-state index in [0.717, 1.165) is 72.7 Å². The normalized spacial score (nSPS) is 11.0. The molecule has 69 heavy (non-hydrogen) atoms. The van der Waals surface area contributed by atoms with Crippen LogP contribution in [0.5, 0.6) is 0 Å². The van der Waals surface area contributed by atoms with Crippen molar-refractivity contribution in [3.05, 3.63) is 200 Å². The van der Waals surface area contributed by atoms with Crippen LogP contribution in [0.25, 0.3) is 0 Å². The molecule has 0 saturated heterocycles. The molecule has 0 aliphatic carbocycles. The van der Waals surface area contributed by atoms with E-state index < -0.39 is 11.9 Å². The average molecular weight is 970 g/mol. The summed E-state index contributed by atoms with van der Waals surface area (Å²) in [6.45, 7) is 6.25. The van der Waals surface area contributed by atoms with E-state index in [1.807, 2.05) is 24.3 Å². The molecule has 8 aromatic rings. The SMILES string of the molecule is CCCCc1nc(Cl)c(Cn2cncn2)n1Cc1ccc(C(=O)c2ccccc2C(=O)O)cc1.CCCCc1nc(Cl)c(Cn2cncn2)n1Cc1ccc(C(=O)c2ccccc2C(=O)OC)cc1. The molecule has 16 nitrogen and oxygen atoms in total. The molecule has 4 aromatic carbocycles. The summed E-state index contributed by atoms with van der Waals surface area (Å²) in [5, 5.41) is 18.7. The van der Waals surface area contributed by atoms with Crippen molar-refractivity contribution in [2.75, 3.05) is 7.11 Å². The third-order valence-corrected chi connectivity index (χ3v) is 12.0. The molecule has 4 heterocycles. The largest absolute Gasteiger partial charge is 0.478 e. The van der Waals surface area contributed by atoms with Gasteiger partial charge in [0.25, 0.3) is 0 Å². The first-order valence-electron chi connectivity index (χ1n) is 22.4. The highest BCUT2D eigenvalue weighted by Crippen LogP contribution is 2.25. The Hall–Kier alpha value is -7.56. The molecule has 0 amide bonds. The highest BCUT2D eigenvalue weighted by molar-refractivity contribution is 6.30. The summed E-state index contributed by atoms with van der Waals surface area (Å²) in [5.41, 5.74) is 5.29. The van der Waals surface area contributed by atoms with Crippen LogP contribution in [-0.4, -0.2) is 84.4 Å². The Morgan fingerprint density at radius 3 is 1.35 bits per heavy atom. The van der Waals surface area contributed by atoms with Crippen LogP contribution in [0.2, 0.25) is 10.3 Å². The van der Waals surface area contributed by atoms with Crippen molar-refractivity contribution < 1.29 is 29.0 Å². The van der Waals surface area contributed by atoms with Crippen LogP contribution in [-0.2, 0) is 43.8 Å². The number of imidazole rings is 2. The molecular weight excluding hydrogens is 920 g/mol. The number of nitrogens with zero attached hydrogens (tertiary/aromatic N) is 10. The third-order valence-electron chi connectivity index (χ3n) is 11.4. The quantitative estimate of drug-likeness (QED) is 0.0563. The number of halogens is 2. The minimum atomic E-state index is -1.13. The number of aryl methyl sites for hydroxylation is 2. The van der Waals surface area contributed by atoms with Crippen molar-refractivity contribution in [1.82, 2.24) is 48.6 Å². The Kier molecular flexibility index (Phi) is 16.8. The first-order valence-corrected chi connectivity index (χ1v) is 23.1. The predicted molar refractivity (Wildman–Crippen MR) is 259 cm³/mol. The average Bonchev–Trinajstić information content (AvgIpc) is 4.20. The number of benzene rings is 4. The number of hydrogen-bond donors (Lipinski definition) is 1. The number of carbonyl (C=O) groups is 4. The Balaban J connectivity index is 0.000000204. The maximum atomic E-state index is 13.1. The van der Waals surface area contributed by atoms with Gasteiger partial charge in [-0.3, -0.25) is 9.59 Å². The van der Waals surface area contributed by atoms with Crippen molar-refractivity contribution in [1.29, 1.82) is 0 Å². The lowest BCUT2D eigenvalue weighted by atomic mass is 9.97. The number of rotatable bonds is 20. The molecule has 0 aliphatic rings. The lowest BCUT2D eigenvalue weighted by Crippen LogP contribution is -2.13. The Labute approximate surface area is 408 Å². The molecule has 0 atom stereocenters. The van der Waals surface area contributed by atoms with E-state index in [-0.39, 0.29) is 28.3 Å². The summed E-state index contributed by atoms with van der Waals surface area (Å²) < 4.78 is 12.4. The number of aromatic nitrogens is 10. The molecule has 0 unspecified atom stereocenters. The van der Waals surface area contributed by atoms with Gasteiger partial charge < -0.3 is 19.0 Å².